The second kappa shape index (κ2) is 8.80. The van der Waals surface area contributed by atoms with E-state index in [1.807, 2.05) is 31.2 Å². The number of methoxy groups -OCH3 is 1. The van der Waals surface area contributed by atoms with E-state index in [9.17, 15) is 9.59 Å². The van der Waals surface area contributed by atoms with E-state index in [0.717, 1.165) is 16.5 Å². The Kier molecular flexibility index (Phi) is 6.75. The number of benzene rings is 1. The van der Waals surface area contributed by atoms with E-state index in [4.69, 9.17) is 4.74 Å². The minimum Gasteiger partial charge on any atom is -0.383 e. The van der Waals surface area contributed by atoms with E-state index in [2.05, 4.69) is 21.2 Å². The van der Waals surface area contributed by atoms with Crippen LogP contribution in [0.25, 0.3) is 0 Å². The topological polar surface area (TPSA) is 60.3 Å². The number of nitrogens with zero attached hydrogens (tertiary/aromatic N) is 1. The van der Waals surface area contributed by atoms with Crippen LogP contribution in [0.15, 0.2) is 51.9 Å². The molecule has 1 N–H and O–H groups in total. The number of hydrogen-bond acceptors (Lipinski definition) is 3. The van der Waals surface area contributed by atoms with Crippen molar-refractivity contribution in [3.05, 3.63) is 68.5 Å². The summed E-state index contributed by atoms with van der Waals surface area (Å²) in [4.78, 5) is 24.1. The molecule has 0 saturated heterocycles. The van der Waals surface area contributed by atoms with Crippen molar-refractivity contribution in [3.63, 3.8) is 0 Å². The first kappa shape index (κ1) is 18.4. The van der Waals surface area contributed by atoms with Crippen LogP contribution in [0.3, 0.4) is 0 Å². The van der Waals surface area contributed by atoms with Gasteiger partial charge >= 0.3 is 0 Å². The fourth-order valence-corrected chi connectivity index (χ4v) is 2.63. The third kappa shape index (κ3) is 5.32. The Morgan fingerprint density at radius 2 is 1.96 bits per heavy atom. The van der Waals surface area contributed by atoms with Crippen LogP contribution in [0.4, 0.5) is 0 Å². The number of pyridine rings is 1. The zero-order valence-electron chi connectivity index (χ0n) is 13.8. The van der Waals surface area contributed by atoms with Gasteiger partial charge in [0, 0.05) is 36.4 Å². The van der Waals surface area contributed by atoms with Gasteiger partial charge in [-0.3, -0.25) is 9.59 Å². The molecule has 0 aliphatic carbocycles. The van der Waals surface area contributed by atoms with Crippen LogP contribution in [0.1, 0.15) is 22.8 Å². The number of amides is 1. The van der Waals surface area contributed by atoms with Gasteiger partial charge in [0.25, 0.3) is 11.5 Å². The lowest BCUT2D eigenvalue weighted by molar-refractivity contribution is 0.0939. The van der Waals surface area contributed by atoms with E-state index >= 15 is 0 Å². The van der Waals surface area contributed by atoms with E-state index in [0.29, 0.717) is 18.7 Å². The van der Waals surface area contributed by atoms with Gasteiger partial charge in [0.05, 0.1) is 12.2 Å². The van der Waals surface area contributed by atoms with Crippen molar-refractivity contribution in [2.75, 3.05) is 13.7 Å². The summed E-state index contributed by atoms with van der Waals surface area (Å²) in [6.07, 6.45) is 2.31. The molecular formula is C18H21BrN2O3. The van der Waals surface area contributed by atoms with Crippen LogP contribution in [0.5, 0.6) is 0 Å². The van der Waals surface area contributed by atoms with Gasteiger partial charge in [-0.05, 0) is 37.1 Å². The molecule has 0 bridgehead atoms. The number of carbonyl (C=O) groups excluding carboxylic acids is 1. The summed E-state index contributed by atoms with van der Waals surface area (Å²) in [5.41, 5.74) is 1.47. The second-order valence-electron chi connectivity index (χ2n) is 5.65. The summed E-state index contributed by atoms with van der Waals surface area (Å²) >= 11 is 3.41. The largest absolute Gasteiger partial charge is 0.383 e. The van der Waals surface area contributed by atoms with Gasteiger partial charge in [-0.2, -0.15) is 0 Å². The average Bonchev–Trinajstić information content (AvgIpc) is 2.56. The maximum Gasteiger partial charge on any atom is 0.252 e. The fraction of sp³-hybridized carbons (Fsp3) is 0.333. The molecule has 1 heterocycles. The molecule has 1 aromatic heterocycles. The predicted molar refractivity (Wildman–Crippen MR) is 97.4 cm³/mol. The van der Waals surface area contributed by atoms with Crippen molar-refractivity contribution < 1.29 is 9.53 Å². The highest BCUT2D eigenvalue weighted by Gasteiger charge is 2.11. The number of hydrogen-bond donors (Lipinski definition) is 1. The Balaban J connectivity index is 2.00. The van der Waals surface area contributed by atoms with Crippen LogP contribution >= 0.6 is 15.9 Å². The molecule has 0 saturated carbocycles. The first-order chi connectivity index (χ1) is 11.5. The summed E-state index contributed by atoms with van der Waals surface area (Å²) in [5, 5.41) is 2.96. The van der Waals surface area contributed by atoms with Gasteiger partial charge in [0.2, 0.25) is 0 Å². The monoisotopic (exact) mass is 392 g/mol. The number of carbonyl (C=O) groups is 1. The van der Waals surface area contributed by atoms with Gasteiger partial charge in [-0.1, -0.05) is 28.1 Å². The quantitative estimate of drug-likeness (QED) is 0.787. The second-order valence-corrected chi connectivity index (χ2v) is 6.56. The number of rotatable bonds is 7. The molecule has 0 radical (unpaired) electrons. The molecule has 5 nitrogen and oxygen atoms in total. The van der Waals surface area contributed by atoms with E-state index < -0.39 is 0 Å². The van der Waals surface area contributed by atoms with Crippen molar-refractivity contribution in [3.8, 4) is 0 Å². The predicted octanol–water partition coefficient (Wildman–Crippen LogP) is 2.62. The maximum atomic E-state index is 12.4. The molecule has 1 amide bonds. The third-order valence-corrected chi connectivity index (χ3v) is 4.14. The minimum atomic E-state index is -0.189. The van der Waals surface area contributed by atoms with Gasteiger partial charge < -0.3 is 14.6 Å². The van der Waals surface area contributed by atoms with Gasteiger partial charge in [0.1, 0.15) is 0 Å². The molecule has 1 aromatic carbocycles. The lowest BCUT2D eigenvalue weighted by atomic mass is 10.1. The summed E-state index contributed by atoms with van der Waals surface area (Å²) in [7, 11) is 1.57. The molecule has 0 fully saturated rings. The Hall–Kier alpha value is -1.92. The highest BCUT2D eigenvalue weighted by atomic mass is 79.9. The first-order valence-corrected chi connectivity index (χ1v) is 8.53. The third-order valence-electron chi connectivity index (χ3n) is 3.61. The lowest BCUT2D eigenvalue weighted by Gasteiger charge is -2.15. The van der Waals surface area contributed by atoms with Crippen LogP contribution < -0.4 is 10.9 Å². The van der Waals surface area contributed by atoms with Crippen LogP contribution in [0.2, 0.25) is 0 Å². The Morgan fingerprint density at radius 3 is 2.62 bits per heavy atom. The van der Waals surface area contributed by atoms with Crippen molar-refractivity contribution in [1.29, 1.82) is 0 Å². The zero-order chi connectivity index (χ0) is 17.5. The lowest BCUT2D eigenvalue weighted by Crippen LogP contribution is -2.35. The normalized spacial score (nSPS) is 12.0. The number of nitrogens with one attached hydrogen (secondary N) is 1. The summed E-state index contributed by atoms with van der Waals surface area (Å²) in [6, 6.07) is 11.0. The first-order valence-electron chi connectivity index (χ1n) is 7.74. The Bertz CT molecular complexity index is 741. The van der Waals surface area contributed by atoms with E-state index in [1.54, 1.807) is 19.4 Å². The number of ether oxygens (including phenoxy) is 1. The molecule has 0 unspecified atom stereocenters. The average molecular weight is 393 g/mol. The highest BCUT2D eigenvalue weighted by Crippen LogP contribution is 2.12. The summed E-state index contributed by atoms with van der Waals surface area (Å²) < 4.78 is 7.49. The Morgan fingerprint density at radius 1 is 1.25 bits per heavy atom. The summed E-state index contributed by atoms with van der Waals surface area (Å²) in [5.74, 6) is -0.189. The SMILES string of the molecule is COCCn1cc(C(=O)N[C@@H](C)Cc2ccc(Br)cc2)ccc1=O. The minimum absolute atomic E-state index is 0.0157. The van der Waals surface area contributed by atoms with E-state index in [-0.39, 0.29) is 17.5 Å². The van der Waals surface area contributed by atoms with Crippen LogP contribution in [-0.2, 0) is 17.7 Å². The van der Waals surface area contributed by atoms with Crippen LogP contribution in [0, 0.1) is 0 Å². The Labute approximate surface area is 149 Å². The van der Waals surface area contributed by atoms with Crippen molar-refractivity contribution >= 4 is 21.8 Å². The fourth-order valence-electron chi connectivity index (χ4n) is 2.36. The number of aromatic nitrogens is 1. The highest BCUT2D eigenvalue weighted by molar-refractivity contribution is 9.10. The molecule has 24 heavy (non-hydrogen) atoms. The van der Waals surface area contributed by atoms with Crippen molar-refractivity contribution in [2.45, 2.75) is 25.9 Å². The molecule has 0 spiro atoms. The molecule has 2 rings (SSSR count). The van der Waals surface area contributed by atoms with Crippen molar-refractivity contribution in [2.24, 2.45) is 0 Å². The smallest absolute Gasteiger partial charge is 0.252 e. The summed E-state index contributed by atoms with van der Waals surface area (Å²) in [6.45, 7) is 2.80. The van der Waals surface area contributed by atoms with Crippen LogP contribution in [-0.4, -0.2) is 30.2 Å². The molecule has 0 aliphatic heterocycles. The molecule has 2 aromatic rings. The molecular weight excluding hydrogens is 372 g/mol. The number of halogens is 1. The molecule has 0 aliphatic rings. The van der Waals surface area contributed by atoms with E-state index in [1.165, 1.54) is 10.6 Å². The van der Waals surface area contributed by atoms with Gasteiger partial charge in [0.15, 0.2) is 0 Å². The van der Waals surface area contributed by atoms with Crippen molar-refractivity contribution in [1.82, 2.24) is 9.88 Å². The van der Waals surface area contributed by atoms with Gasteiger partial charge in [-0.25, -0.2) is 0 Å². The maximum absolute atomic E-state index is 12.4. The molecule has 128 valence electrons. The zero-order valence-corrected chi connectivity index (χ0v) is 15.4. The molecule has 6 heteroatoms. The molecule has 1 atom stereocenters. The van der Waals surface area contributed by atoms with Gasteiger partial charge in [-0.15, -0.1) is 0 Å². The standard InChI is InChI=1S/C18H21BrN2O3/c1-13(11-14-3-6-16(19)7-4-14)20-18(23)15-5-8-17(22)21(12-15)9-10-24-2/h3-8,12-13H,9-11H2,1-2H3,(H,20,23)/t13-/m0/s1.